The molecule has 0 heterocycles. The van der Waals surface area contributed by atoms with Crippen molar-refractivity contribution in [2.45, 2.75) is 25.9 Å². The Hall–Kier alpha value is -1.39. The predicted octanol–water partition coefficient (Wildman–Crippen LogP) is 0.570. The minimum absolute atomic E-state index is 0.0334. The van der Waals surface area contributed by atoms with Crippen molar-refractivity contribution < 1.29 is 9.90 Å². The fourth-order valence-corrected chi connectivity index (χ4v) is 1.70. The van der Waals surface area contributed by atoms with Gasteiger partial charge in [0.05, 0.1) is 0 Å². The van der Waals surface area contributed by atoms with Crippen molar-refractivity contribution in [3.05, 3.63) is 35.4 Å². The first-order valence-corrected chi connectivity index (χ1v) is 6.29. The predicted molar refractivity (Wildman–Crippen MR) is 72.2 cm³/mol. The topological polar surface area (TPSA) is 66.6 Å². The van der Waals surface area contributed by atoms with Gasteiger partial charge in [0.1, 0.15) is 6.10 Å². The van der Waals surface area contributed by atoms with Crippen LogP contribution in [0.25, 0.3) is 0 Å². The van der Waals surface area contributed by atoms with Crippen LogP contribution in [0.5, 0.6) is 0 Å². The van der Waals surface area contributed by atoms with Crippen molar-refractivity contribution in [2.75, 3.05) is 20.1 Å². The monoisotopic (exact) mass is 250 g/mol. The Labute approximate surface area is 108 Å². The largest absolute Gasteiger partial charge is 0.382 e. The van der Waals surface area contributed by atoms with Gasteiger partial charge in [-0.25, -0.2) is 0 Å². The molecule has 0 aliphatic carbocycles. The molecule has 3 N–H and O–H groups in total. The molecule has 1 aromatic carbocycles. The summed E-state index contributed by atoms with van der Waals surface area (Å²) in [6, 6.07) is 8.37. The molecular formula is C14H22N2O2. The molecule has 0 spiro atoms. The van der Waals surface area contributed by atoms with Gasteiger partial charge in [-0.1, -0.05) is 31.2 Å². The zero-order valence-electron chi connectivity index (χ0n) is 11.1. The Bertz CT molecular complexity index is 376. The maximum atomic E-state index is 11.6. The number of aliphatic hydroxyl groups excluding tert-OH is 1. The Morgan fingerprint density at radius 3 is 2.39 bits per heavy atom. The number of likely N-dealkylation sites (N-methyl/N-ethyl adjacent to an activating group) is 1. The number of aliphatic hydroxyl groups is 1. The molecule has 1 unspecified atom stereocenters. The summed E-state index contributed by atoms with van der Waals surface area (Å²) in [5.41, 5.74) is 7.75. The summed E-state index contributed by atoms with van der Waals surface area (Å²) < 4.78 is 0. The Balaban J connectivity index is 2.46. The molecule has 0 fully saturated rings. The van der Waals surface area contributed by atoms with Crippen LogP contribution in [0.2, 0.25) is 0 Å². The average Bonchev–Trinajstić information content (AvgIpc) is 2.43. The Morgan fingerprint density at radius 1 is 1.33 bits per heavy atom. The van der Waals surface area contributed by atoms with Crippen molar-refractivity contribution in [3.63, 3.8) is 0 Å². The third-order valence-corrected chi connectivity index (χ3v) is 3.05. The summed E-state index contributed by atoms with van der Waals surface area (Å²) in [7, 11) is 1.68. The third-order valence-electron chi connectivity index (χ3n) is 3.05. The van der Waals surface area contributed by atoms with E-state index in [0.29, 0.717) is 6.54 Å². The molecule has 1 atom stereocenters. The van der Waals surface area contributed by atoms with Crippen LogP contribution >= 0.6 is 0 Å². The van der Waals surface area contributed by atoms with Gasteiger partial charge < -0.3 is 15.7 Å². The lowest BCUT2D eigenvalue weighted by atomic mass is 10.1. The average molecular weight is 250 g/mol. The van der Waals surface area contributed by atoms with Gasteiger partial charge in [-0.3, -0.25) is 4.79 Å². The minimum atomic E-state index is -1.09. The van der Waals surface area contributed by atoms with Crippen molar-refractivity contribution in [1.82, 2.24) is 4.90 Å². The molecule has 0 aliphatic rings. The van der Waals surface area contributed by atoms with Crippen molar-refractivity contribution in [2.24, 2.45) is 5.73 Å². The molecule has 0 saturated carbocycles. The maximum absolute atomic E-state index is 11.6. The van der Waals surface area contributed by atoms with Crippen LogP contribution in [0.1, 0.15) is 18.1 Å². The van der Waals surface area contributed by atoms with Crippen LogP contribution in [0.4, 0.5) is 0 Å². The molecular weight excluding hydrogens is 228 g/mol. The van der Waals surface area contributed by atoms with E-state index in [2.05, 4.69) is 31.2 Å². The van der Waals surface area contributed by atoms with E-state index in [9.17, 15) is 9.90 Å². The van der Waals surface area contributed by atoms with Gasteiger partial charge in [0.25, 0.3) is 5.91 Å². The van der Waals surface area contributed by atoms with Crippen LogP contribution in [-0.4, -0.2) is 42.2 Å². The molecule has 100 valence electrons. The first-order chi connectivity index (χ1) is 8.58. The van der Waals surface area contributed by atoms with Gasteiger partial charge >= 0.3 is 0 Å². The summed E-state index contributed by atoms with van der Waals surface area (Å²) >= 11 is 0. The van der Waals surface area contributed by atoms with Gasteiger partial charge in [0.15, 0.2) is 0 Å². The molecule has 18 heavy (non-hydrogen) atoms. The van der Waals surface area contributed by atoms with Crippen LogP contribution in [-0.2, 0) is 17.6 Å². The first-order valence-electron chi connectivity index (χ1n) is 6.29. The van der Waals surface area contributed by atoms with Crippen molar-refractivity contribution >= 4 is 5.91 Å². The van der Waals surface area contributed by atoms with E-state index in [4.69, 9.17) is 5.73 Å². The Kier molecular flexibility index (Phi) is 5.82. The second-order valence-electron chi connectivity index (χ2n) is 4.43. The number of amides is 1. The number of nitrogens with two attached hydrogens (primary N) is 1. The molecule has 0 radical (unpaired) electrons. The highest BCUT2D eigenvalue weighted by Gasteiger charge is 2.17. The fourth-order valence-electron chi connectivity index (χ4n) is 1.70. The number of aryl methyl sites for hydroxylation is 1. The lowest BCUT2D eigenvalue weighted by Crippen LogP contribution is -2.41. The molecule has 1 aromatic rings. The van der Waals surface area contributed by atoms with E-state index >= 15 is 0 Å². The van der Waals surface area contributed by atoms with Gasteiger partial charge in [0.2, 0.25) is 0 Å². The van der Waals surface area contributed by atoms with Crippen LogP contribution in [0.3, 0.4) is 0 Å². The van der Waals surface area contributed by atoms with E-state index in [1.54, 1.807) is 7.05 Å². The second kappa shape index (κ2) is 7.13. The zero-order chi connectivity index (χ0) is 13.5. The highest BCUT2D eigenvalue weighted by atomic mass is 16.3. The highest BCUT2D eigenvalue weighted by molar-refractivity contribution is 5.80. The SMILES string of the molecule is CCc1ccc(CCN(C)C(=O)C(O)CN)cc1. The normalized spacial score (nSPS) is 12.2. The highest BCUT2D eigenvalue weighted by Crippen LogP contribution is 2.06. The maximum Gasteiger partial charge on any atom is 0.252 e. The van der Waals surface area contributed by atoms with Crippen molar-refractivity contribution in [3.8, 4) is 0 Å². The molecule has 1 rings (SSSR count). The second-order valence-corrected chi connectivity index (χ2v) is 4.43. The number of rotatable bonds is 6. The van der Waals surface area contributed by atoms with E-state index < -0.39 is 6.10 Å². The first kappa shape index (κ1) is 14.7. The van der Waals surface area contributed by atoms with E-state index in [-0.39, 0.29) is 12.5 Å². The number of hydrogen-bond acceptors (Lipinski definition) is 3. The standard InChI is InChI=1S/C14H22N2O2/c1-3-11-4-6-12(7-5-11)8-9-16(2)14(18)13(17)10-15/h4-7,13,17H,3,8-10,15H2,1-2H3. The molecule has 1 amide bonds. The summed E-state index contributed by atoms with van der Waals surface area (Å²) in [6.07, 6.45) is 0.725. The molecule has 0 aromatic heterocycles. The summed E-state index contributed by atoms with van der Waals surface area (Å²) in [4.78, 5) is 13.1. The minimum Gasteiger partial charge on any atom is -0.382 e. The molecule has 4 heteroatoms. The summed E-state index contributed by atoms with van der Waals surface area (Å²) in [5, 5.41) is 9.35. The van der Waals surface area contributed by atoms with E-state index in [1.807, 2.05) is 0 Å². The smallest absolute Gasteiger partial charge is 0.252 e. The summed E-state index contributed by atoms with van der Waals surface area (Å²) in [6.45, 7) is 2.67. The number of nitrogens with zero attached hydrogens (tertiary/aromatic N) is 1. The number of carbonyl (C=O) groups is 1. The van der Waals surface area contributed by atoms with Crippen LogP contribution < -0.4 is 5.73 Å². The van der Waals surface area contributed by atoms with Crippen LogP contribution in [0.15, 0.2) is 24.3 Å². The quantitative estimate of drug-likeness (QED) is 0.775. The number of benzene rings is 1. The van der Waals surface area contributed by atoms with Gasteiger partial charge in [-0.15, -0.1) is 0 Å². The van der Waals surface area contributed by atoms with Crippen molar-refractivity contribution in [1.29, 1.82) is 0 Å². The van der Waals surface area contributed by atoms with Crippen LogP contribution in [0, 0.1) is 0 Å². The Morgan fingerprint density at radius 2 is 1.89 bits per heavy atom. The fraction of sp³-hybridized carbons (Fsp3) is 0.500. The number of carbonyl (C=O) groups excluding carboxylic acids is 1. The van der Waals surface area contributed by atoms with Gasteiger partial charge in [0, 0.05) is 20.1 Å². The molecule has 0 saturated heterocycles. The molecule has 0 aliphatic heterocycles. The van der Waals surface area contributed by atoms with Gasteiger partial charge in [-0.05, 0) is 24.0 Å². The van der Waals surface area contributed by atoms with E-state index in [0.717, 1.165) is 12.8 Å². The zero-order valence-corrected chi connectivity index (χ0v) is 11.1. The van der Waals surface area contributed by atoms with Gasteiger partial charge in [-0.2, -0.15) is 0 Å². The lowest BCUT2D eigenvalue weighted by molar-refractivity contribution is -0.138. The third kappa shape index (κ3) is 4.13. The molecule has 0 bridgehead atoms. The summed E-state index contributed by atoms with van der Waals surface area (Å²) in [5.74, 6) is -0.317. The lowest BCUT2D eigenvalue weighted by Gasteiger charge is -2.19. The van der Waals surface area contributed by atoms with E-state index in [1.165, 1.54) is 16.0 Å². The number of hydrogen-bond donors (Lipinski definition) is 2. The molecule has 4 nitrogen and oxygen atoms in total.